The zero-order valence-corrected chi connectivity index (χ0v) is 14.8. The molecule has 0 radical (unpaired) electrons. The van der Waals surface area contributed by atoms with E-state index in [1.165, 1.54) is 0 Å². The maximum atomic E-state index is 6.33. The summed E-state index contributed by atoms with van der Waals surface area (Å²) in [5.74, 6) is 0.0817. The van der Waals surface area contributed by atoms with Crippen LogP contribution in [0.2, 0.25) is 20.1 Å². The molecule has 4 rings (SSSR count). The van der Waals surface area contributed by atoms with Gasteiger partial charge in [0.2, 0.25) is 0 Å². The van der Waals surface area contributed by atoms with Gasteiger partial charge in [-0.05, 0) is 11.1 Å². The summed E-state index contributed by atoms with van der Waals surface area (Å²) in [6, 6.07) is 0. The molecule has 1 aromatic carbocycles. The van der Waals surface area contributed by atoms with Crippen LogP contribution in [-0.2, 0) is 0 Å². The van der Waals surface area contributed by atoms with Gasteiger partial charge in [-0.1, -0.05) is 90.4 Å². The van der Waals surface area contributed by atoms with Gasteiger partial charge in [-0.3, -0.25) is 0 Å². The summed E-state index contributed by atoms with van der Waals surface area (Å²) in [5, 5.41) is 1.61. The lowest BCUT2D eigenvalue weighted by molar-refractivity contribution is 0.861. The molecule has 0 aromatic heterocycles. The highest BCUT2D eigenvalue weighted by atomic mass is 79.9. The smallest absolute Gasteiger partial charge is 0.0797 e. The maximum absolute atomic E-state index is 6.33. The molecule has 2 unspecified atom stereocenters. The molecule has 0 saturated carbocycles. The van der Waals surface area contributed by atoms with Crippen molar-refractivity contribution in [1.29, 1.82) is 0 Å². The molecule has 0 spiro atoms. The van der Waals surface area contributed by atoms with E-state index in [2.05, 4.69) is 44.0 Å². The van der Waals surface area contributed by atoms with Gasteiger partial charge in [-0.15, -0.1) is 0 Å². The van der Waals surface area contributed by atoms with Crippen molar-refractivity contribution in [2.24, 2.45) is 0 Å². The Hall–Kier alpha value is 0.820. The van der Waals surface area contributed by atoms with Gasteiger partial charge in [-0.2, -0.15) is 0 Å². The second kappa shape index (κ2) is 4.68. The average molecular weight is 450 g/mol. The van der Waals surface area contributed by atoms with Crippen LogP contribution in [0.25, 0.3) is 0 Å². The third-order valence-electron chi connectivity index (χ3n) is 3.23. The number of halogens is 6. The van der Waals surface area contributed by atoms with Crippen molar-refractivity contribution in [2.75, 3.05) is 0 Å². The Labute approximate surface area is 141 Å². The Morgan fingerprint density at radius 1 is 0.667 bits per heavy atom. The van der Waals surface area contributed by atoms with Gasteiger partial charge in [0, 0.05) is 20.8 Å². The van der Waals surface area contributed by atoms with Gasteiger partial charge in [0.25, 0.3) is 0 Å². The van der Waals surface area contributed by atoms with Crippen molar-refractivity contribution in [3.63, 3.8) is 0 Å². The molecule has 3 aliphatic rings. The van der Waals surface area contributed by atoms with Crippen LogP contribution in [0.3, 0.4) is 0 Å². The predicted molar refractivity (Wildman–Crippen MR) is 86.0 cm³/mol. The van der Waals surface area contributed by atoms with E-state index in [1.54, 1.807) is 0 Å². The largest absolute Gasteiger partial charge is 0.0823 e. The topological polar surface area (TPSA) is 0 Å². The number of benzene rings is 1. The van der Waals surface area contributed by atoms with Crippen molar-refractivity contribution in [2.45, 2.75) is 11.8 Å². The van der Waals surface area contributed by atoms with Crippen LogP contribution in [0.15, 0.2) is 21.1 Å². The van der Waals surface area contributed by atoms with E-state index in [1.807, 2.05) is 0 Å². The van der Waals surface area contributed by atoms with E-state index in [0.717, 1.165) is 20.1 Å². The van der Waals surface area contributed by atoms with Gasteiger partial charge in [0.15, 0.2) is 0 Å². The number of allylic oxidation sites excluding steroid dienone is 4. The van der Waals surface area contributed by atoms with E-state index >= 15 is 0 Å². The quantitative estimate of drug-likeness (QED) is 0.226. The summed E-state index contributed by atoms with van der Waals surface area (Å²) in [6.45, 7) is 0. The molecule has 18 heavy (non-hydrogen) atoms. The molecule has 0 N–H and O–H groups in total. The van der Waals surface area contributed by atoms with E-state index < -0.39 is 0 Å². The zero-order chi connectivity index (χ0) is 13.2. The zero-order valence-electron chi connectivity index (χ0n) is 8.58. The monoisotopic (exact) mass is 446 g/mol. The Morgan fingerprint density at radius 3 is 1.33 bits per heavy atom. The van der Waals surface area contributed by atoms with E-state index in [4.69, 9.17) is 46.4 Å². The summed E-state index contributed by atoms with van der Waals surface area (Å²) in [4.78, 5) is 0. The second-order valence-electron chi connectivity index (χ2n) is 4.12. The molecule has 0 nitrogen and oxygen atoms in total. The van der Waals surface area contributed by atoms with E-state index in [9.17, 15) is 0 Å². The highest BCUT2D eigenvalue weighted by Gasteiger charge is 2.39. The van der Waals surface area contributed by atoms with Crippen molar-refractivity contribution in [1.82, 2.24) is 0 Å². The fourth-order valence-electron chi connectivity index (χ4n) is 2.41. The van der Waals surface area contributed by atoms with Gasteiger partial charge < -0.3 is 0 Å². The van der Waals surface area contributed by atoms with Crippen molar-refractivity contribution in [3.05, 3.63) is 52.3 Å². The van der Waals surface area contributed by atoms with Gasteiger partial charge in [0.05, 0.1) is 20.1 Å². The van der Waals surface area contributed by atoms with Gasteiger partial charge in [0.1, 0.15) is 0 Å². The number of hydrogen-bond donors (Lipinski definition) is 0. The summed E-state index contributed by atoms with van der Waals surface area (Å²) in [7, 11) is 0. The fourth-order valence-corrected chi connectivity index (χ4v) is 4.78. The summed E-state index contributed by atoms with van der Waals surface area (Å²) in [6.07, 6.45) is 4.18. The average Bonchev–Trinajstić information content (AvgIpc) is 2.38. The highest BCUT2D eigenvalue weighted by Crippen LogP contribution is 2.58. The van der Waals surface area contributed by atoms with Gasteiger partial charge >= 0.3 is 0 Å². The molecule has 3 aliphatic carbocycles. The molecule has 1 aromatic rings. The minimum Gasteiger partial charge on any atom is -0.0823 e. The Morgan fingerprint density at radius 2 is 1.00 bits per heavy atom. The first-order valence-corrected chi connectivity index (χ1v) is 8.14. The lowest BCUT2D eigenvalue weighted by atomic mass is 9.76. The third kappa shape index (κ3) is 1.70. The molecule has 2 atom stereocenters. The first-order valence-electron chi connectivity index (χ1n) is 5.04. The number of hydrogen-bond acceptors (Lipinski definition) is 0. The normalized spacial score (nSPS) is 24.8. The van der Waals surface area contributed by atoms with Crippen LogP contribution in [0.4, 0.5) is 0 Å². The maximum Gasteiger partial charge on any atom is 0.0797 e. The molecular formula is C12H4Br2Cl4. The molecule has 0 saturated heterocycles. The van der Waals surface area contributed by atoms with Crippen LogP contribution in [0.5, 0.6) is 0 Å². The number of rotatable bonds is 0. The van der Waals surface area contributed by atoms with Crippen LogP contribution in [-0.4, -0.2) is 0 Å². The Balaban J connectivity index is 2.40. The van der Waals surface area contributed by atoms with Crippen molar-refractivity contribution < 1.29 is 0 Å². The summed E-state index contributed by atoms with van der Waals surface area (Å²) >= 11 is 32.1. The second-order valence-corrected chi connectivity index (χ2v) is 7.34. The van der Waals surface area contributed by atoms with Crippen LogP contribution < -0.4 is 0 Å². The Bertz CT molecular complexity index is 581. The predicted octanol–water partition coefficient (Wildman–Crippen LogP) is 7.05. The third-order valence-corrected chi connectivity index (χ3v) is 7.44. The van der Waals surface area contributed by atoms with E-state index in [0.29, 0.717) is 20.1 Å². The molecule has 2 bridgehead atoms. The van der Waals surface area contributed by atoms with Crippen LogP contribution in [0.1, 0.15) is 23.0 Å². The van der Waals surface area contributed by atoms with Crippen molar-refractivity contribution in [3.8, 4) is 0 Å². The molecule has 0 aliphatic heterocycles. The van der Waals surface area contributed by atoms with Crippen LogP contribution in [0, 0.1) is 0 Å². The summed E-state index contributed by atoms with van der Waals surface area (Å²) < 4.78 is 2.11. The highest BCUT2D eigenvalue weighted by molar-refractivity contribution is 9.14. The molecular weight excluding hydrogens is 446 g/mol. The van der Waals surface area contributed by atoms with Crippen LogP contribution >= 0.6 is 78.3 Å². The lowest BCUT2D eigenvalue weighted by Gasteiger charge is -2.35. The molecule has 0 amide bonds. The van der Waals surface area contributed by atoms with Crippen molar-refractivity contribution >= 4 is 78.3 Å². The Kier molecular flexibility index (Phi) is 3.58. The van der Waals surface area contributed by atoms with E-state index in [-0.39, 0.29) is 11.8 Å². The SMILES string of the molecule is Clc1c(Cl)c(Cl)c2c(c1Cl)C1C=CC2C(Br)=C1Br. The molecule has 94 valence electrons. The minimum absolute atomic E-state index is 0.0409. The summed E-state index contributed by atoms with van der Waals surface area (Å²) in [5.41, 5.74) is 1.89. The van der Waals surface area contributed by atoms with Gasteiger partial charge in [-0.25, -0.2) is 0 Å². The standard InChI is InChI=1S/C12H4Br2Cl4/c13-7-3-1-2-4(8(7)14)6-5(3)9(15)11(17)12(18)10(6)16/h1-4H. The lowest BCUT2D eigenvalue weighted by Crippen LogP contribution is -2.18. The molecule has 0 heterocycles. The minimum atomic E-state index is 0.0409. The fraction of sp³-hybridized carbons (Fsp3) is 0.167. The first-order chi connectivity index (χ1) is 8.45. The molecule has 6 heteroatoms. The first kappa shape index (κ1) is 13.8. The molecule has 0 fully saturated rings.